The molecule has 2 rings (SSSR count). The summed E-state index contributed by atoms with van der Waals surface area (Å²) in [5.41, 5.74) is 0. The third-order valence-corrected chi connectivity index (χ3v) is 2.78. The summed E-state index contributed by atoms with van der Waals surface area (Å²) >= 11 is 7.97. The smallest absolute Gasteiger partial charge is 0.189 e. The summed E-state index contributed by atoms with van der Waals surface area (Å²) in [6.45, 7) is 0. The molecule has 3 heteroatoms. The maximum absolute atomic E-state index is 5.80. The molecule has 0 aliphatic carbocycles. The highest BCUT2D eigenvalue weighted by Gasteiger charge is 2.24. The third kappa shape index (κ3) is 0.809. The van der Waals surface area contributed by atoms with E-state index in [-0.39, 0.29) is 0 Å². The van der Waals surface area contributed by atoms with Crippen molar-refractivity contribution in [2.24, 2.45) is 0 Å². The van der Waals surface area contributed by atoms with Crippen LogP contribution in [0.25, 0.3) is 0 Å². The van der Waals surface area contributed by atoms with E-state index >= 15 is 0 Å². The van der Waals surface area contributed by atoms with E-state index < -0.39 is 0 Å². The zero-order chi connectivity index (χ0) is 6.43. The van der Waals surface area contributed by atoms with E-state index in [4.69, 9.17) is 16.3 Å². The molecule has 0 N–H and O–H groups in total. The van der Waals surface area contributed by atoms with E-state index in [1.165, 1.54) is 0 Å². The number of hydrogen-bond donors (Lipinski definition) is 0. The van der Waals surface area contributed by atoms with Gasteiger partial charge in [-0.1, -0.05) is 11.6 Å². The van der Waals surface area contributed by atoms with Crippen LogP contribution in [0.15, 0.2) is 12.1 Å². The Labute approximate surface area is 71.1 Å². The monoisotopic (exact) mass is 252 g/mol. The minimum Gasteiger partial charge on any atom is -0.448 e. The fraction of sp³-hybridized carbons (Fsp3) is 0. The Balaban J connectivity index is 2.70. The summed E-state index contributed by atoms with van der Waals surface area (Å²) in [4.78, 5) is 0. The molecule has 9 heavy (non-hydrogen) atoms. The van der Waals surface area contributed by atoms with Gasteiger partial charge in [-0.25, -0.2) is 0 Å². The van der Waals surface area contributed by atoms with Crippen molar-refractivity contribution < 1.29 is 4.74 Å². The van der Waals surface area contributed by atoms with Crippen LogP contribution in [0, 0.1) is 3.57 Å². The average molecular weight is 252 g/mol. The van der Waals surface area contributed by atoms with Gasteiger partial charge in [0.2, 0.25) is 0 Å². The van der Waals surface area contributed by atoms with Crippen LogP contribution in [0.3, 0.4) is 0 Å². The summed E-state index contributed by atoms with van der Waals surface area (Å²) in [5, 5.41) is 0.744. The molecule has 0 atom stereocenters. The minimum absolute atomic E-state index is 0.744. The maximum atomic E-state index is 5.80. The van der Waals surface area contributed by atoms with E-state index in [1.54, 1.807) is 0 Å². The van der Waals surface area contributed by atoms with E-state index in [0.717, 1.165) is 20.1 Å². The van der Waals surface area contributed by atoms with Crippen molar-refractivity contribution in [1.82, 2.24) is 0 Å². The first-order chi connectivity index (χ1) is 4.29. The second kappa shape index (κ2) is 1.76. The molecule has 0 radical (unpaired) electrons. The predicted octanol–water partition coefficient (Wildman–Crippen LogP) is 3.05. The summed E-state index contributed by atoms with van der Waals surface area (Å²) in [7, 11) is 0. The number of ether oxygens (including phenoxy) is 1. The summed E-state index contributed by atoms with van der Waals surface area (Å²) in [6.07, 6.45) is 0. The molecule has 1 aliphatic heterocycles. The van der Waals surface area contributed by atoms with Crippen LogP contribution in [-0.2, 0) is 0 Å². The quantitative estimate of drug-likeness (QED) is 0.518. The molecule has 0 spiro atoms. The van der Waals surface area contributed by atoms with E-state index in [9.17, 15) is 0 Å². The van der Waals surface area contributed by atoms with Gasteiger partial charge in [-0.15, -0.1) is 0 Å². The van der Waals surface area contributed by atoms with Gasteiger partial charge in [0.05, 0.1) is 0 Å². The SMILES string of the molecule is Clc1c(I)ccc2c1O2. The minimum atomic E-state index is 0.744. The molecule has 0 saturated carbocycles. The van der Waals surface area contributed by atoms with E-state index in [2.05, 4.69) is 22.6 Å². The number of rotatable bonds is 0. The molecule has 1 aliphatic rings. The average Bonchev–Trinajstić information content (AvgIpc) is 2.58. The molecule has 0 amide bonds. The first-order valence-electron chi connectivity index (χ1n) is 2.45. The Hall–Kier alpha value is 0.0400. The van der Waals surface area contributed by atoms with Crippen molar-refractivity contribution in [2.75, 3.05) is 0 Å². The molecule has 0 saturated heterocycles. The highest BCUT2D eigenvalue weighted by atomic mass is 127. The van der Waals surface area contributed by atoms with Gasteiger partial charge in [0, 0.05) is 3.57 Å². The molecule has 1 nitrogen and oxygen atoms in total. The lowest BCUT2D eigenvalue weighted by Gasteiger charge is -1.84. The molecule has 0 fully saturated rings. The van der Waals surface area contributed by atoms with Crippen LogP contribution >= 0.6 is 34.2 Å². The molecule has 0 aromatic heterocycles. The fourth-order valence-corrected chi connectivity index (χ4v) is 1.30. The third-order valence-electron chi connectivity index (χ3n) is 1.18. The van der Waals surface area contributed by atoms with E-state index in [0.29, 0.717) is 0 Å². The van der Waals surface area contributed by atoms with Gasteiger partial charge in [0.25, 0.3) is 0 Å². The lowest BCUT2D eigenvalue weighted by molar-refractivity contribution is 0.650. The van der Waals surface area contributed by atoms with Crippen LogP contribution < -0.4 is 4.74 Å². The van der Waals surface area contributed by atoms with Gasteiger partial charge in [0.15, 0.2) is 11.5 Å². The van der Waals surface area contributed by atoms with Crippen LogP contribution in [0.1, 0.15) is 0 Å². The fourth-order valence-electron chi connectivity index (χ4n) is 0.678. The lowest BCUT2D eigenvalue weighted by Crippen LogP contribution is -1.63. The highest BCUT2D eigenvalue weighted by molar-refractivity contribution is 14.1. The molecule has 1 aromatic rings. The summed E-state index contributed by atoms with van der Waals surface area (Å²) < 4.78 is 6.06. The highest BCUT2D eigenvalue weighted by Crippen LogP contribution is 2.51. The van der Waals surface area contributed by atoms with Crippen LogP contribution in [-0.4, -0.2) is 0 Å². The second-order valence-electron chi connectivity index (χ2n) is 1.79. The number of hydrogen-bond acceptors (Lipinski definition) is 1. The number of fused-ring (bicyclic) bond motifs is 1. The zero-order valence-electron chi connectivity index (χ0n) is 4.32. The van der Waals surface area contributed by atoms with Gasteiger partial charge < -0.3 is 4.74 Å². The van der Waals surface area contributed by atoms with Crippen molar-refractivity contribution in [3.05, 3.63) is 20.7 Å². The molecule has 1 aromatic carbocycles. The van der Waals surface area contributed by atoms with Crippen molar-refractivity contribution in [1.29, 1.82) is 0 Å². The largest absolute Gasteiger partial charge is 0.448 e. The molecular weight excluding hydrogens is 250 g/mol. The lowest BCUT2D eigenvalue weighted by atomic mass is 10.4. The molecule has 0 bridgehead atoms. The van der Waals surface area contributed by atoms with Crippen molar-refractivity contribution in [2.45, 2.75) is 0 Å². The zero-order valence-corrected chi connectivity index (χ0v) is 7.23. The Bertz CT molecular complexity index is 268. The number of benzene rings is 1. The van der Waals surface area contributed by atoms with Gasteiger partial charge in [-0.3, -0.25) is 0 Å². The van der Waals surface area contributed by atoms with Crippen LogP contribution in [0.4, 0.5) is 0 Å². The predicted molar refractivity (Wildman–Crippen MR) is 44.2 cm³/mol. The van der Waals surface area contributed by atoms with Crippen molar-refractivity contribution in [3.8, 4) is 11.5 Å². The first-order valence-corrected chi connectivity index (χ1v) is 3.90. The standard InChI is InChI=1S/C6H2ClIO/c7-5-3(8)1-2-4-6(5)9-4/h1-2H. The molecule has 46 valence electrons. The Kier molecular flexibility index (Phi) is 1.13. The molecule has 0 unspecified atom stereocenters. The summed E-state index contributed by atoms with van der Waals surface area (Å²) in [6, 6.07) is 3.86. The molecule has 1 heterocycles. The molecular formula is C6H2ClIO. The van der Waals surface area contributed by atoms with Crippen LogP contribution in [0.5, 0.6) is 11.5 Å². The Morgan fingerprint density at radius 1 is 1.44 bits per heavy atom. The Morgan fingerprint density at radius 2 is 2.22 bits per heavy atom. The van der Waals surface area contributed by atoms with Crippen LogP contribution in [0.2, 0.25) is 5.02 Å². The van der Waals surface area contributed by atoms with Gasteiger partial charge in [-0.05, 0) is 34.7 Å². The topological polar surface area (TPSA) is 12.5 Å². The van der Waals surface area contributed by atoms with Gasteiger partial charge in [-0.2, -0.15) is 0 Å². The normalized spacial score (nSPS) is 12.2. The van der Waals surface area contributed by atoms with Crippen molar-refractivity contribution in [3.63, 3.8) is 0 Å². The van der Waals surface area contributed by atoms with E-state index in [1.807, 2.05) is 12.1 Å². The summed E-state index contributed by atoms with van der Waals surface area (Å²) in [5.74, 6) is 1.77. The first kappa shape index (κ1) is 5.80. The van der Waals surface area contributed by atoms with Crippen molar-refractivity contribution >= 4 is 34.2 Å². The number of halogens is 2. The Morgan fingerprint density at radius 3 is 2.89 bits per heavy atom. The maximum Gasteiger partial charge on any atom is 0.189 e. The van der Waals surface area contributed by atoms with Gasteiger partial charge >= 0.3 is 0 Å². The van der Waals surface area contributed by atoms with Gasteiger partial charge in [0.1, 0.15) is 5.02 Å². The second-order valence-corrected chi connectivity index (χ2v) is 3.33.